The first-order valence-corrected chi connectivity index (χ1v) is 11.1. The third-order valence-corrected chi connectivity index (χ3v) is 6.40. The summed E-state index contributed by atoms with van der Waals surface area (Å²) in [5, 5.41) is 16.8. The first-order valence-electron chi connectivity index (χ1n) is 11.1. The molecule has 36 heavy (non-hydrogen) atoms. The molecule has 2 amide bonds. The Morgan fingerprint density at radius 1 is 1.31 bits per heavy atom. The summed E-state index contributed by atoms with van der Waals surface area (Å²) in [4.78, 5) is 37.8. The lowest BCUT2D eigenvalue weighted by Gasteiger charge is -2.49. The van der Waals surface area contributed by atoms with E-state index in [9.17, 15) is 23.6 Å². The highest BCUT2D eigenvalue weighted by Crippen LogP contribution is 2.50. The van der Waals surface area contributed by atoms with Gasteiger partial charge in [-0.15, -0.1) is 0 Å². The smallest absolute Gasteiger partial charge is 0.267 e. The summed E-state index contributed by atoms with van der Waals surface area (Å²) in [5.74, 6) is -5.11. The molecule has 1 saturated heterocycles. The summed E-state index contributed by atoms with van der Waals surface area (Å²) >= 11 is 0. The molecule has 1 saturated carbocycles. The fraction of sp³-hybridized carbons (Fsp3) is 0.348. The van der Waals surface area contributed by atoms with Gasteiger partial charge in [0.05, 0.1) is 36.3 Å². The van der Waals surface area contributed by atoms with Gasteiger partial charge < -0.3 is 16.0 Å². The van der Waals surface area contributed by atoms with Gasteiger partial charge in [0, 0.05) is 37.5 Å². The van der Waals surface area contributed by atoms with E-state index in [0.717, 1.165) is 0 Å². The number of likely N-dealkylation sites (tertiary alicyclic amines) is 1. The molecule has 1 aliphatic heterocycles. The van der Waals surface area contributed by atoms with Crippen molar-refractivity contribution in [3.63, 3.8) is 0 Å². The molecule has 11 nitrogen and oxygen atoms in total. The number of nitrogens with one attached hydrogen (secondary N) is 1. The van der Waals surface area contributed by atoms with Crippen LogP contribution in [-0.4, -0.2) is 60.5 Å². The highest BCUT2D eigenvalue weighted by Gasteiger charge is 2.64. The lowest BCUT2D eigenvalue weighted by atomic mass is 9.86. The minimum absolute atomic E-state index is 0.0726. The number of aryl methyl sites for hydroxylation is 1. The van der Waals surface area contributed by atoms with Crippen molar-refractivity contribution in [1.82, 2.24) is 29.6 Å². The summed E-state index contributed by atoms with van der Waals surface area (Å²) in [6, 6.07) is 5.50. The molecule has 0 unspecified atom stereocenters. The van der Waals surface area contributed by atoms with Gasteiger partial charge in [-0.05, 0) is 24.6 Å². The van der Waals surface area contributed by atoms with E-state index in [4.69, 9.17) is 5.73 Å². The number of amides is 2. The Kier molecular flexibility index (Phi) is 5.39. The second-order valence-corrected chi connectivity index (χ2v) is 9.09. The van der Waals surface area contributed by atoms with Crippen LogP contribution in [-0.2, 0) is 10.3 Å². The van der Waals surface area contributed by atoms with Crippen LogP contribution in [0.1, 0.15) is 28.9 Å². The molecule has 5 rings (SSSR count). The number of carbonyl (C=O) groups is 2. The van der Waals surface area contributed by atoms with Crippen LogP contribution in [0, 0.1) is 24.2 Å². The van der Waals surface area contributed by atoms with Crippen LogP contribution in [0.3, 0.4) is 0 Å². The van der Waals surface area contributed by atoms with Crippen LogP contribution in [0.4, 0.5) is 20.4 Å². The summed E-state index contributed by atoms with van der Waals surface area (Å²) < 4.78 is 28.2. The van der Waals surface area contributed by atoms with Crippen molar-refractivity contribution in [1.29, 1.82) is 5.26 Å². The zero-order valence-corrected chi connectivity index (χ0v) is 19.2. The van der Waals surface area contributed by atoms with Gasteiger partial charge >= 0.3 is 0 Å². The van der Waals surface area contributed by atoms with Crippen molar-refractivity contribution in [2.75, 3.05) is 18.4 Å². The van der Waals surface area contributed by atoms with E-state index in [1.54, 1.807) is 42.3 Å². The third kappa shape index (κ3) is 4.10. The van der Waals surface area contributed by atoms with Gasteiger partial charge in [-0.1, -0.05) is 0 Å². The number of pyridine rings is 1. The van der Waals surface area contributed by atoms with Gasteiger partial charge in [0.2, 0.25) is 11.9 Å². The minimum atomic E-state index is -2.93. The molecule has 3 aromatic rings. The standard InChI is InChI=1S/C23H21F2N9O2/c1-13-6-15(9-29-18(13)19(27)35)31-21-28-5-2-17(32-21)14-8-30-34(10-14)22(3-4-26)11-33(12-22)20(36)16-7-23(16,24)25/h2,5-6,8-10,16H,3,7,11-12H2,1H3,(H2,27,35)(H,28,31,32)/t16-/m0/s1. The molecule has 1 atom stereocenters. The Morgan fingerprint density at radius 2 is 2.06 bits per heavy atom. The van der Waals surface area contributed by atoms with E-state index in [2.05, 4.69) is 31.4 Å². The number of alkyl halides is 2. The van der Waals surface area contributed by atoms with E-state index in [-0.39, 0.29) is 31.2 Å². The van der Waals surface area contributed by atoms with Crippen molar-refractivity contribution in [3.8, 4) is 17.3 Å². The predicted molar refractivity (Wildman–Crippen MR) is 122 cm³/mol. The monoisotopic (exact) mass is 493 g/mol. The Balaban J connectivity index is 1.32. The average molecular weight is 493 g/mol. The molecule has 0 spiro atoms. The number of aromatic nitrogens is 5. The fourth-order valence-electron chi connectivity index (χ4n) is 4.33. The molecule has 1 aliphatic carbocycles. The van der Waals surface area contributed by atoms with E-state index < -0.39 is 35.6 Å². The summed E-state index contributed by atoms with van der Waals surface area (Å²) in [5.41, 5.74) is 7.06. The highest BCUT2D eigenvalue weighted by atomic mass is 19.3. The van der Waals surface area contributed by atoms with Gasteiger partial charge in [-0.3, -0.25) is 14.3 Å². The quantitative estimate of drug-likeness (QED) is 0.506. The molecule has 0 radical (unpaired) electrons. The van der Waals surface area contributed by atoms with Crippen molar-refractivity contribution in [2.45, 2.75) is 31.2 Å². The maximum Gasteiger partial charge on any atom is 0.267 e. The van der Waals surface area contributed by atoms with Crippen molar-refractivity contribution < 1.29 is 18.4 Å². The largest absolute Gasteiger partial charge is 0.364 e. The number of hydrogen-bond donors (Lipinski definition) is 2. The highest BCUT2D eigenvalue weighted by molar-refractivity contribution is 5.92. The number of primary amides is 1. The third-order valence-electron chi connectivity index (χ3n) is 6.40. The second kappa shape index (κ2) is 8.33. The molecule has 0 bridgehead atoms. The molecular weight excluding hydrogens is 472 g/mol. The summed E-state index contributed by atoms with van der Waals surface area (Å²) in [7, 11) is 0. The maximum atomic E-state index is 13.3. The van der Waals surface area contributed by atoms with E-state index >= 15 is 0 Å². The van der Waals surface area contributed by atoms with Crippen molar-refractivity contribution >= 4 is 23.5 Å². The number of carbonyl (C=O) groups excluding carboxylic acids is 2. The molecule has 184 valence electrons. The van der Waals surface area contributed by atoms with Crippen LogP contribution in [0.5, 0.6) is 0 Å². The molecule has 2 fully saturated rings. The first kappa shape index (κ1) is 23.3. The van der Waals surface area contributed by atoms with Gasteiger partial charge in [0.15, 0.2) is 0 Å². The second-order valence-electron chi connectivity index (χ2n) is 9.09. The fourth-order valence-corrected chi connectivity index (χ4v) is 4.33. The molecule has 0 aromatic carbocycles. The van der Waals surface area contributed by atoms with Crippen LogP contribution < -0.4 is 11.1 Å². The number of nitrogens with two attached hydrogens (primary N) is 1. The van der Waals surface area contributed by atoms with Crippen molar-refractivity contribution in [2.24, 2.45) is 11.7 Å². The average Bonchev–Trinajstić information content (AvgIpc) is 3.20. The van der Waals surface area contributed by atoms with Gasteiger partial charge in [-0.25, -0.2) is 23.7 Å². The Bertz CT molecular complexity index is 1410. The Labute approximate surface area is 204 Å². The molecule has 2 aliphatic rings. The van der Waals surface area contributed by atoms with Crippen LogP contribution in [0.2, 0.25) is 0 Å². The molecule has 3 aromatic heterocycles. The predicted octanol–water partition coefficient (Wildman–Crippen LogP) is 1.99. The first-order chi connectivity index (χ1) is 17.1. The number of halogens is 2. The van der Waals surface area contributed by atoms with E-state index in [0.29, 0.717) is 22.5 Å². The molecular formula is C23H21F2N9O2. The lowest BCUT2D eigenvalue weighted by Crippen LogP contribution is -2.64. The summed E-state index contributed by atoms with van der Waals surface area (Å²) in [6.45, 7) is 1.99. The Morgan fingerprint density at radius 3 is 2.69 bits per heavy atom. The van der Waals surface area contributed by atoms with E-state index in [1.165, 1.54) is 11.1 Å². The van der Waals surface area contributed by atoms with Gasteiger partial charge in [0.25, 0.3) is 11.8 Å². The molecule has 3 N–H and O–H groups in total. The zero-order valence-electron chi connectivity index (χ0n) is 19.2. The van der Waals surface area contributed by atoms with Crippen molar-refractivity contribution in [3.05, 3.63) is 48.2 Å². The van der Waals surface area contributed by atoms with Crippen LogP contribution in [0.25, 0.3) is 11.3 Å². The number of hydrogen-bond acceptors (Lipinski definition) is 8. The van der Waals surface area contributed by atoms with Gasteiger partial charge in [0.1, 0.15) is 17.2 Å². The molecule has 13 heteroatoms. The maximum absolute atomic E-state index is 13.3. The summed E-state index contributed by atoms with van der Waals surface area (Å²) in [6.07, 6.45) is 5.96. The number of nitrogens with zero attached hydrogens (tertiary/aromatic N) is 7. The zero-order chi connectivity index (χ0) is 25.7. The topological polar surface area (TPSA) is 156 Å². The number of nitriles is 1. The Hall–Kier alpha value is -4.47. The molecule has 4 heterocycles. The van der Waals surface area contributed by atoms with E-state index in [1.807, 2.05) is 0 Å². The lowest BCUT2D eigenvalue weighted by molar-refractivity contribution is -0.146. The van der Waals surface area contributed by atoms with Crippen LogP contribution in [0.15, 0.2) is 36.9 Å². The number of anilines is 2. The van der Waals surface area contributed by atoms with Gasteiger partial charge in [-0.2, -0.15) is 10.4 Å². The van der Waals surface area contributed by atoms with Crippen LogP contribution >= 0.6 is 0 Å². The minimum Gasteiger partial charge on any atom is -0.364 e. The number of rotatable bonds is 7. The normalized spacial score (nSPS) is 19.2. The SMILES string of the molecule is Cc1cc(Nc2nccc(-c3cnn(C4(CC#N)CN(C(=O)[C@@H]5CC5(F)F)C4)c3)n2)cnc1C(N)=O.